The highest BCUT2D eigenvalue weighted by atomic mass is 16.4. The van der Waals surface area contributed by atoms with Crippen LogP contribution < -0.4 is 16.0 Å². The average molecular weight is 475 g/mol. The van der Waals surface area contributed by atoms with Crippen LogP contribution in [-0.4, -0.2) is 35.1 Å². The van der Waals surface area contributed by atoms with E-state index in [9.17, 15) is 15.1 Å². The Hall–Kier alpha value is -4.00. The highest BCUT2D eigenvalue weighted by molar-refractivity contribution is 6.11. The molecule has 0 saturated carbocycles. The molecule has 1 aliphatic rings. The third-order valence-corrected chi connectivity index (χ3v) is 5.68. The van der Waals surface area contributed by atoms with Gasteiger partial charge in [-0.05, 0) is 55.2 Å². The van der Waals surface area contributed by atoms with Crippen LogP contribution in [0.1, 0.15) is 55.5 Å². The van der Waals surface area contributed by atoms with Gasteiger partial charge in [0, 0.05) is 35.5 Å². The molecule has 0 aromatic heterocycles. The summed E-state index contributed by atoms with van der Waals surface area (Å²) in [5.41, 5.74) is 9.21. The number of nitrogens with two attached hydrogens (primary N) is 1. The molecule has 4 rings (SSSR count). The van der Waals surface area contributed by atoms with E-state index in [2.05, 4.69) is 29.2 Å². The first kappa shape index (κ1) is 25.6. The van der Waals surface area contributed by atoms with Crippen molar-refractivity contribution in [3.8, 4) is 16.9 Å². The van der Waals surface area contributed by atoms with Crippen LogP contribution in [-0.2, 0) is 0 Å². The number of nitrogens with zero attached hydrogens (tertiary/aromatic N) is 2. The number of hydrogen-bond acceptors (Lipinski definition) is 5. The monoisotopic (exact) mass is 474 g/mol. The molecule has 0 unspecified atom stereocenters. The maximum atomic E-state index is 13.1. The lowest BCUT2D eigenvalue weighted by atomic mass is 10.00. The SMILES string of the molecule is CCC.N/C(=N\O)c1cc(O)c(-c2ccccc2)cc1NC(=O)c1cccc(N2CCCCC2)c1. The van der Waals surface area contributed by atoms with Crippen LogP contribution >= 0.6 is 0 Å². The van der Waals surface area contributed by atoms with Gasteiger partial charge in [-0.1, -0.05) is 61.8 Å². The van der Waals surface area contributed by atoms with Gasteiger partial charge >= 0.3 is 0 Å². The minimum atomic E-state index is -0.319. The molecule has 1 amide bonds. The number of piperidine rings is 1. The summed E-state index contributed by atoms with van der Waals surface area (Å²) in [6, 6.07) is 19.8. The standard InChI is InChI=1S/C25H26N4O3.C3H8/c26-24(28-32)21-16-23(30)20(17-8-3-1-4-9-17)15-22(21)27-25(31)18-10-7-11-19(14-18)29-12-5-2-6-13-29;1-3-2/h1,3-4,7-11,14-16,30,32H,2,5-6,12-13H2,(H2,26,28)(H,27,31);3H2,1-2H3. The molecule has 7 heteroatoms. The maximum Gasteiger partial charge on any atom is 0.255 e. The number of carbonyl (C=O) groups excluding carboxylic acids is 1. The number of amidine groups is 1. The molecule has 1 fully saturated rings. The van der Waals surface area contributed by atoms with Gasteiger partial charge in [0.2, 0.25) is 0 Å². The zero-order chi connectivity index (χ0) is 25.2. The Kier molecular flexibility index (Phi) is 9.12. The van der Waals surface area contributed by atoms with Crippen LogP contribution in [0.2, 0.25) is 0 Å². The predicted octanol–water partition coefficient (Wildman–Crippen LogP) is 5.81. The van der Waals surface area contributed by atoms with E-state index in [1.807, 2.05) is 48.5 Å². The summed E-state index contributed by atoms with van der Waals surface area (Å²) in [5, 5.41) is 25.6. The number of oxime groups is 1. The van der Waals surface area contributed by atoms with Crippen molar-refractivity contribution in [2.24, 2.45) is 10.9 Å². The van der Waals surface area contributed by atoms with Gasteiger partial charge in [-0.2, -0.15) is 0 Å². The zero-order valence-electron chi connectivity index (χ0n) is 20.4. The Morgan fingerprint density at radius 2 is 1.69 bits per heavy atom. The smallest absolute Gasteiger partial charge is 0.255 e. The van der Waals surface area contributed by atoms with E-state index in [1.165, 1.54) is 18.9 Å². The number of anilines is 2. The van der Waals surface area contributed by atoms with Gasteiger partial charge in [-0.3, -0.25) is 4.79 Å². The number of benzene rings is 3. The van der Waals surface area contributed by atoms with Crippen LogP contribution in [0.4, 0.5) is 11.4 Å². The van der Waals surface area contributed by atoms with E-state index in [1.54, 1.807) is 12.1 Å². The first-order valence-corrected chi connectivity index (χ1v) is 12.0. The van der Waals surface area contributed by atoms with Crippen LogP contribution in [0, 0.1) is 0 Å². The minimum Gasteiger partial charge on any atom is -0.507 e. The molecular weight excluding hydrogens is 440 g/mol. The Labute approximate surface area is 206 Å². The fraction of sp³-hybridized carbons (Fsp3) is 0.286. The van der Waals surface area contributed by atoms with Crippen molar-refractivity contribution < 1.29 is 15.1 Å². The quantitative estimate of drug-likeness (QED) is 0.123. The number of aromatic hydroxyl groups is 1. The first-order valence-electron chi connectivity index (χ1n) is 12.0. The molecule has 5 N–H and O–H groups in total. The Balaban J connectivity index is 0.00000108. The van der Waals surface area contributed by atoms with Crippen molar-refractivity contribution >= 4 is 23.1 Å². The summed E-state index contributed by atoms with van der Waals surface area (Å²) in [4.78, 5) is 15.4. The van der Waals surface area contributed by atoms with Gasteiger partial charge in [0.1, 0.15) is 5.75 Å². The summed E-state index contributed by atoms with van der Waals surface area (Å²) in [7, 11) is 0. The van der Waals surface area contributed by atoms with Gasteiger partial charge in [0.25, 0.3) is 5.91 Å². The highest BCUT2D eigenvalue weighted by Crippen LogP contribution is 2.34. The third-order valence-electron chi connectivity index (χ3n) is 5.68. The number of nitrogens with one attached hydrogen (secondary N) is 1. The van der Waals surface area contributed by atoms with E-state index >= 15 is 0 Å². The summed E-state index contributed by atoms with van der Waals surface area (Å²) in [5.74, 6) is -0.569. The van der Waals surface area contributed by atoms with Crippen LogP contribution in [0.15, 0.2) is 71.9 Å². The number of rotatable bonds is 5. The second-order valence-electron chi connectivity index (χ2n) is 8.53. The number of phenolic OH excluding ortho intramolecular Hbond substituents is 1. The van der Waals surface area contributed by atoms with Crippen molar-refractivity contribution in [2.45, 2.75) is 39.5 Å². The van der Waals surface area contributed by atoms with E-state index < -0.39 is 0 Å². The van der Waals surface area contributed by atoms with Crippen molar-refractivity contribution in [1.82, 2.24) is 0 Å². The van der Waals surface area contributed by atoms with Gasteiger partial charge in [0.05, 0.1) is 5.69 Å². The minimum absolute atomic E-state index is 0.0390. The highest BCUT2D eigenvalue weighted by Gasteiger charge is 2.18. The number of carbonyl (C=O) groups is 1. The molecule has 0 aliphatic carbocycles. The molecule has 0 bridgehead atoms. The van der Waals surface area contributed by atoms with Gasteiger partial charge in [-0.25, -0.2) is 0 Å². The van der Waals surface area contributed by atoms with Crippen molar-refractivity contribution in [3.63, 3.8) is 0 Å². The van der Waals surface area contributed by atoms with Crippen molar-refractivity contribution in [1.29, 1.82) is 0 Å². The number of amides is 1. The average Bonchev–Trinajstić information content (AvgIpc) is 2.90. The van der Waals surface area contributed by atoms with E-state index in [0.717, 1.165) is 37.2 Å². The normalized spacial score (nSPS) is 13.5. The van der Waals surface area contributed by atoms with Crippen LogP contribution in [0.25, 0.3) is 11.1 Å². The predicted molar refractivity (Wildman–Crippen MR) is 142 cm³/mol. The zero-order valence-corrected chi connectivity index (χ0v) is 20.4. The molecule has 3 aromatic carbocycles. The van der Waals surface area contributed by atoms with Gasteiger partial charge in [0.15, 0.2) is 5.84 Å². The lowest BCUT2D eigenvalue weighted by Crippen LogP contribution is -2.29. The molecule has 0 radical (unpaired) electrons. The van der Waals surface area contributed by atoms with E-state index in [-0.39, 0.29) is 23.1 Å². The van der Waals surface area contributed by atoms with Crippen molar-refractivity contribution in [3.05, 3.63) is 77.9 Å². The second-order valence-corrected chi connectivity index (χ2v) is 8.53. The lowest BCUT2D eigenvalue weighted by molar-refractivity contribution is 0.102. The second kappa shape index (κ2) is 12.5. The molecule has 35 heavy (non-hydrogen) atoms. The Morgan fingerprint density at radius 3 is 2.34 bits per heavy atom. The largest absolute Gasteiger partial charge is 0.507 e. The fourth-order valence-electron chi connectivity index (χ4n) is 4.00. The molecule has 1 saturated heterocycles. The molecular formula is C28H34N4O3. The summed E-state index contributed by atoms with van der Waals surface area (Å²) < 4.78 is 0. The van der Waals surface area contributed by atoms with Crippen molar-refractivity contribution in [2.75, 3.05) is 23.3 Å². The fourth-order valence-corrected chi connectivity index (χ4v) is 4.00. The topological polar surface area (TPSA) is 111 Å². The third kappa shape index (κ3) is 6.53. The summed E-state index contributed by atoms with van der Waals surface area (Å²) in [6.07, 6.45) is 4.78. The molecule has 1 aliphatic heterocycles. The van der Waals surface area contributed by atoms with E-state index in [4.69, 9.17) is 5.73 Å². The Bertz CT molecular complexity index is 1160. The summed E-state index contributed by atoms with van der Waals surface area (Å²) >= 11 is 0. The Morgan fingerprint density at radius 1 is 1.00 bits per heavy atom. The number of phenols is 1. The van der Waals surface area contributed by atoms with Gasteiger partial charge < -0.3 is 26.3 Å². The first-order chi connectivity index (χ1) is 17.0. The van der Waals surface area contributed by atoms with E-state index in [0.29, 0.717) is 16.8 Å². The molecule has 0 spiro atoms. The number of hydrogen-bond donors (Lipinski definition) is 4. The van der Waals surface area contributed by atoms with Gasteiger partial charge in [-0.15, -0.1) is 0 Å². The maximum absolute atomic E-state index is 13.1. The molecule has 184 valence electrons. The summed E-state index contributed by atoms with van der Waals surface area (Å²) in [6.45, 7) is 6.22. The lowest BCUT2D eigenvalue weighted by Gasteiger charge is -2.29. The molecule has 7 nitrogen and oxygen atoms in total. The van der Waals surface area contributed by atoms with Crippen LogP contribution in [0.3, 0.4) is 0 Å². The van der Waals surface area contributed by atoms with Crippen LogP contribution in [0.5, 0.6) is 5.75 Å². The molecule has 0 atom stereocenters. The molecule has 3 aromatic rings. The molecule has 1 heterocycles.